The van der Waals surface area contributed by atoms with Gasteiger partial charge in [0.05, 0.1) is 19.9 Å². The molecule has 0 saturated carbocycles. The normalized spacial score (nSPS) is 10.2. The fourth-order valence-corrected chi connectivity index (χ4v) is 2.83. The molecule has 0 aliphatic rings. The van der Waals surface area contributed by atoms with Crippen molar-refractivity contribution in [2.45, 2.75) is 33.1 Å². The number of amides is 2. The van der Waals surface area contributed by atoms with Gasteiger partial charge in [0.2, 0.25) is 11.8 Å². The molecule has 6 heteroatoms. The summed E-state index contributed by atoms with van der Waals surface area (Å²) in [6.45, 7) is 4.07. The van der Waals surface area contributed by atoms with Crippen molar-refractivity contribution in [1.82, 2.24) is 0 Å². The zero-order chi connectivity index (χ0) is 19.8. The average molecular weight is 370 g/mol. The molecule has 2 N–H and O–H groups in total. The van der Waals surface area contributed by atoms with Gasteiger partial charge in [-0.3, -0.25) is 9.59 Å². The number of benzene rings is 2. The van der Waals surface area contributed by atoms with Gasteiger partial charge in [-0.05, 0) is 36.1 Å². The highest BCUT2D eigenvalue weighted by Gasteiger charge is 2.15. The Morgan fingerprint density at radius 3 is 2.07 bits per heavy atom. The van der Waals surface area contributed by atoms with Crippen molar-refractivity contribution < 1.29 is 19.1 Å². The third kappa shape index (κ3) is 5.23. The number of aryl methyl sites for hydroxylation is 2. The van der Waals surface area contributed by atoms with E-state index in [0.717, 1.165) is 29.7 Å². The fourth-order valence-electron chi connectivity index (χ4n) is 2.83. The molecule has 2 rings (SSSR count). The van der Waals surface area contributed by atoms with E-state index in [1.54, 1.807) is 25.3 Å². The Kier molecular flexibility index (Phi) is 7.23. The van der Waals surface area contributed by atoms with Gasteiger partial charge in [0, 0.05) is 11.8 Å². The minimum absolute atomic E-state index is 0.281. The van der Waals surface area contributed by atoms with E-state index in [-0.39, 0.29) is 12.3 Å². The Balaban J connectivity index is 2.06. The molecule has 0 aromatic heterocycles. The zero-order valence-electron chi connectivity index (χ0n) is 16.2. The fraction of sp³-hybridized carbons (Fsp3) is 0.333. The molecule has 0 radical (unpaired) electrons. The molecule has 6 nitrogen and oxygen atoms in total. The van der Waals surface area contributed by atoms with Gasteiger partial charge in [-0.2, -0.15) is 0 Å². The predicted octanol–water partition coefficient (Wildman–Crippen LogP) is 3.80. The maximum Gasteiger partial charge on any atom is 0.233 e. The molecule has 0 aliphatic heterocycles. The number of para-hydroxylation sites is 1. The van der Waals surface area contributed by atoms with Crippen molar-refractivity contribution in [3.8, 4) is 11.5 Å². The Morgan fingerprint density at radius 2 is 1.52 bits per heavy atom. The zero-order valence-corrected chi connectivity index (χ0v) is 16.2. The molecule has 27 heavy (non-hydrogen) atoms. The monoisotopic (exact) mass is 370 g/mol. The number of carbonyl (C=O) groups is 2. The van der Waals surface area contributed by atoms with E-state index in [1.165, 1.54) is 7.11 Å². The van der Waals surface area contributed by atoms with E-state index < -0.39 is 5.91 Å². The van der Waals surface area contributed by atoms with Gasteiger partial charge in [0.1, 0.15) is 17.9 Å². The molecule has 144 valence electrons. The first-order valence-corrected chi connectivity index (χ1v) is 8.94. The van der Waals surface area contributed by atoms with Gasteiger partial charge >= 0.3 is 0 Å². The third-order valence-corrected chi connectivity index (χ3v) is 4.27. The molecule has 0 bridgehead atoms. The van der Waals surface area contributed by atoms with Gasteiger partial charge in [0.15, 0.2) is 0 Å². The van der Waals surface area contributed by atoms with E-state index >= 15 is 0 Å². The molecule has 0 saturated heterocycles. The number of methoxy groups -OCH3 is 2. The van der Waals surface area contributed by atoms with Crippen LogP contribution in [0.4, 0.5) is 11.4 Å². The summed E-state index contributed by atoms with van der Waals surface area (Å²) in [5.41, 5.74) is 3.40. The third-order valence-electron chi connectivity index (χ3n) is 4.27. The number of hydrogen-bond acceptors (Lipinski definition) is 4. The van der Waals surface area contributed by atoms with Crippen LogP contribution in [-0.2, 0) is 22.4 Å². The van der Waals surface area contributed by atoms with Crippen molar-refractivity contribution in [3.05, 3.63) is 47.5 Å². The van der Waals surface area contributed by atoms with Crippen LogP contribution in [0.1, 0.15) is 31.4 Å². The lowest BCUT2D eigenvalue weighted by molar-refractivity contribution is -0.123. The van der Waals surface area contributed by atoms with Crippen LogP contribution in [0.15, 0.2) is 36.4 Å². The molecule has 2 aromatic carbocycles. The highest BCUT2D eigenvalue weighted by Crippen LogP contribution is 2.29. The van der Waals surface area contributed by atoms with Gasteiger partial charge in [-0.25, -0.2) is 0 Å². The second-order valence-electron chi connectivity index (χ2n) is 6.00. The molecule has 0 heterocycles. The Labute approximate surface area is 159 Å². The number of anilines is 2. The lowest BCUT2D eigenvalue weighted by Gasteiger charge is -2.15. The van der Waals surface area contributed by atoms with Gasteiger partial charge in [0.25, 0.3) is 0 Å². The van der Waals surface area contributed by atoms with Crippen LogP contribution in [0.2, 0.25) is 0 Å². The summed E-state index contributed by atoms with van der Waals surface area (Å²) in [7, 11) is 3.06. The van der Waals surface area contributed by atoms with E-state index in [4.69, 9.17) is 9.47 Å². The lowest BCUT2D eigenvalue weighted by Crippen LogP contribution is -2.22. The second-order valence-corrected chi connectivity index (χ2v) is 6.00. The molecule has 0 aliphatic carbocycles. The Hall–Kier alpha value is -3.02. The topological polar surface area (TPSA) is 76.7 Å². The maximum atomic E-state index is 12.4. The molecule has 0 atom stereocenters. The molecular weight excluding hydrogens is 344 g/mol. The van der Waals surface area contributed by atoms with E-state index in [1.807, 2.05) is 32.0 Å². The van der Waals surface area contributed by atoms with Crippen LogP contribution in [-0.4, -0.2) is 26.0 Å². The first-order valence-electron chi connectivity index (χ1n) is 8.94. The van der Waals surface area contributed by atoms with Crippen molar-refractivity contribution in [2.24, 2.45) is 0 Å². The highest BCUT2D eigenvalue weighted by molar-refractivity contribution is 6.08. The van der Waals surface area contributed by atoms with Crippen LogP contribution in [0.5, 0.6) is 11.5 Å². The van der Waals surface area contributed by atoms with Crippen LogP contribution >= 0.6 is 0 Å². The van der Waals surface area contributed by atoms with Crippen LogP contribution in [0, 0.1) is 0 Å². The Bertz CT molecular complexity index is 796. The molecule has 2 aromatic rings. The number of ether oxygens (including phenoxy) is 2. The maximum absolute atomic E-state index is 12.4. The van der Waals surface area contributed by atoms with E-state index in [0.29, 0.717) is 17.2 Å². The standard InChI is InChI=1S/C21H26N2O4/c1-5-14-8-7-9-15(6-2)21(14)23-20(25)13-19(24)22-17-11-10-16(26-3)12-18(17)27-4/h7-12H,5-6,13H2,1-4H3,(H,22,24)(H,23,25). The van der Waals surface area contributed by atoms with Crippen LogP contribution in [0.25, 0.3) is 0 Å². The van der Waals surface area contributed by atoms with E-state index in [9.17, 15) is 9.59 Å². The molecular formula is C21H26N2O4. The molecule has 0 unspecified atom stereocenters. The van der Waals surface area contributed by atoms with E-state index in [2.05, 4.69) is 10.6 Å². The van der Waals surface area contributed by atoms with Gasteiger partial charge in [-0.15, -0.1) is 0 Å². The summed E-state index contributed by atoms with van der Waals surface area (Å²) in [6, 6.07) is 11.0. The molecule has 0 spiro atoms. The van der Waals surface area contributed by atoms with Crippen LogP contribution in [0.3, 0.4) is 0 Å². The minimum Gasteiger partial charge on any atom is -0.497 e. The minimum atomic E-state index is -0.414. The summed E-state index contributed by atoms with van der Waals surface area (Å²) in [5, 5.41) is 5.60. The SMILES string of the molecule is CCc1cccc(CC)c1NC(=O)CC(=O)Nc1ccc(OC)cc1OC. The first kappa shape index (κ1) is 20.3. The van der Waals surface area contributed by atoms with Crippen LogP contribution < -0.4 is 20.1 Å². The average Bonchev–Trinajstić information content (AvgIpc) is 2.68. The number of carbonyl (C=O) groups excluding carboxylic acids is 2. The number of nitrogens with one attached hydrogen (secondary N) is 2. The number of hydrogen-bond donors (Lipinski definition) is 2. The van der Waals surface area contributed by atoms with Crippen molar-refractivity contribution in [1.29, 1.82) is 0 Å². The Morgan fingerprint density at radius 1 is 0.889 bits per heavy atom. The molecule has 0 fully saturated rings. The highest BCUT2D eigenvalue weighted by atomic mass is 16.5. The first-order chi connectivity index (χ1) is 13.0. The van der Waals surface area contributed by atoms with Gasteiger partial charge < -0.3 is 20.1 Å². The quantitative estimate of drug-likeness (QED) is 0.693. The van der Waals surface area contributed by atoms with Crippen molar-refractivity contribution in [3.63, 3.8) is 0 Å². The smallest absolute Gasteiger partial charge is 0.233 e. The van der Waals surface area contributed by atoms with Crippen molar-refractivity contribution in [2.75, 3.05) is 24.9 Å². The second kappa shape index (κ2) is 9.62. The lowest BCUT2D eigenvalue weighted by atomic mass is 10.0. The largest absolute Gasteiger partial charge is 0.497 e. The summed E-state index contributed by atoms with van der Waals surface area (Å²) in [5.74, 6) is 0.317. The number of rotatable bonds is 8. The molecule has 2 amide bonds. The summed E-state index contributed by atoms with van der Waals surface area (Å²) >= 11 is 0. The summed E-state index contributed by atoms with van der Waals surface area (Å²) in [6.07, 6.45) is 1.33. The summed E-state index contributed by atoms with van der Waals surface area (Å²) < 4.78 is 10.4. The van der Waals surface area contributed by atoms with Gasteiger partial charge in [-0.1, -0.05) is 32.0 Å². The predicted molar refractivity (Wildman–Crippen MR) is 107 cm³/mol. The summed E-state index contributed by atoms with van der Waals surface area (Å²) in [4.78, 5) is 24.7. The van der Waals surface area contributed by atoms with Crippen molar-refractivity contribution >= 4 is 23.2 Å².